The average Bonchev–Trinajstić information content (AvgIpc) is 2.41. The second-order valence-corrected chi connectivity index (χ2v) is 2.08. The molecule has 0 aliphatic carbocycles. The maximum atomic E-state index is 4.86. The number of aliphatic imine (C=N–C) groups is 1. The van der Waals surface area contributed by atoms with Crippen LogP contribution in [0.25, 0.3) is 0 Å². The Morgan fingerprint density at radius 3 is 3.30 bits per heavy atom. The standard InChI is InChI=1S/C6H13N3O/c1-10-5-4-9-6-7-2-3-8-6/h2-5H2,1H3,(H2,7,8,9). The van der Waals surface area contributed by atoms with Gasteiger partial charge in [-0.05, 0) is 0 Å². The summed E-state index contributed by atoms with van der Waals surface area (Å²) in [6.45, 7) is 3.38. The van der Waals surface area contributed by atoms with Crippen molar-refractivity contribution < 1.29 is 4.74 Å². The lowest BCUT2D eigenvalue weighted by atomic mass is 10.7. The van der Waals surface area contributed by atoms with Crippen LogP contribution >= 0.6 is 0 Å². The van der Waals surface area contributed by atoms with Crippen LogP contribution in [0.5, 0.6) is 0 Å². The van der Waals surface area contributed by atoms with Crippen LogP contribution in [0, 0.1) is 0 Å². The summed E-state index contributed by atoms with van der Waals surface area (Å²) >= 11 is 0. The van der Waals surface area contributed by atoms with E-state index in [9.17, 15) is 0 Å². The molecular formula is C6H13N3O. The molecule has 0 radical (unpaired) electrons. The highest BCUT2D eigenvalue weighted by atomic mass is 16.5. The van der Waals surface area contributed by atoms with Crippen molar-refractivity contribution in [1.29, 1.82) is 0 Å². The normalized spacial score (nSPS) is 16.3. The van der Waals surface area contributed by atoms with Crippen molar-refractivity contribution in [3.8, 4) is 0 Å². The zero-order chi connectivity index (χ0) is 7.23. The predicted octanol–water partition coefficient (Wildman–Crippen LogP) is -0.818. The molecule has 0 saturated heterocycles. The van der Waals surface area contributed by atoms with Gasteiger partial charge >= 0.3 is 0 Å². The van der Waals surface area contributed by atoms with Gasteiger partial charge in [0.05, 0.1) is 13.2 Å². The Bertz CT molecular complexity index is 124. The van der Waals surface area contributed by atoms with Gasteiger partial charge in [0.1, 0.15) is 0 Å². The van der Waals surface area contributed by atoms with E-state index in [1.54, 1.807) is 7.11 Å². The van der Waals surface area contributed by atoms with Crippen molar-refractivity contribution in [2.24, 2.45) is 4.99 Å². The van der Waals surface area contributed by atoms with Gasteiger partial charge in [0.15, 0.2) is 5.96 Å². The molecule has 4 heteroatoms. The summed E-state index contributed by atoms with van der Waals surface area (Å²) in [4.78, 5) is 4.15. The number of hydrogen-bond donors (Lipinski definition) is 2. The largest absolute Gasteiger partial charge is 0.383 e. The number of ether oxygens (including phenoxy) is 1. The highest BCUT2D eigenvalue weighted by Gasteiger charge is 2.01. The summed E-state index contributed by atoms with van der Waals surface area (Å²) in [5, 5.41) is 6.20. The number of rotatable bonds is 3. The minimum Gasteiger partial charge on any atom is -0.383 e. The summed E-state index contributed by atoms with van der Waals surface area (Å²) in [6, 6.07) is 0. The fraction of sp³-hybridized carbons (Fsp3) is 0.833. The quantitative estimate of drug-likeness (QED) is 0.507. The van der Waals surface area contributed by atoms with Crippen molar-refractivity contribution in [3.05, 3.63) is 0 Å². The van der Waals surface area contributed by atoms with Crippen molar-refractivity contribution in [1.82, 2.24) is 10.6 Å². The van der Waals surface area contributed by atoms with E-state index in [1.807, 2.05) is 0 Å². The molecule has 10 heavy (non-hydrogen) atoms. The fourth-order valence-corrected chi connectivity index (χ4v) is 0.788. The number of methoxy groups -OCH3 is 1. The summed E-state index contributed by atoms with van der Waals surface area (Å²) in [7, 11) is 1.69. The average molecular weight is 143 g/mol. The van der Waals surface area contributed by atoms with Gasteiger partial charge in [-0.2, -0.15) is 0 Å². The Hall–Kier alpha value is -0.770. The molecule has 0 spiro atoms. The zero-order valence-corrected chi connectivity index (χ0v) is 6.18. The first-order chi connectivity index (χ1) is 4.93. The molecule has 0 aromatic carbocycles. The monoisotopic (exact) mass is 143 g/mol. The molecule has 1 heterocycles. The lowest BCUT2D eigenvalue weighted by Crippen LogP contribution is -2.35. The molecule has 4 nitrogen and oxygen atoms in total. The third-order valence-electron chi connectivity index (χ3n) is 1.27. The number of guanidine groups is 1. The summed E-state index contributed by atoms with van der Waals surface area (Å²) in [5.41, 5.74) is 0. The van der Waals surface area contributed by atoms with Gasteiger partial charge in [-0.1, -0.05) is 0 Å². The first kappa shape index (κ1) is 7.34. The molecule has 0 aromatic rings. The van der Waals surface area contributed by atoms with E-state index in [-0.39, 0.29) is 0 Å². The van der Waals surface area contributed by atoms with Gasteiger partial charge in [-0.3, -0.25) is 4.99 Å². The molecule has 1 rings (SSSR count). The Balaban J connectivity index is 2.01. The van der Waals surface area contributed by atoms with E-state index in [1.165, 1.54) is 0 Å². The Morgan fingerprint density at radius 1 is 1.80 bits per heavy atom. The van der Waals surface area contributed by atoms with Crippen LogP contribution in [0.15, 0.2) is 4.99 Å². The SMILES string of the molecule is COCCNC1=NCCN1. The van der Waals surface area contributed by atoms with Crippen LogP contribution in [-0.2, 0) is 4.74 Å². The molecule has 0 unspecified atom stereocenters. The number of nitrogens with zero attached hydrogens (tertiary/aromatic N) is 1. The van der Waals surface area contributed by atoms with E-state index in [0.29, 0.717) is 0 Å². The highest BCUT2D eigenvalue weighted by molar-refractivity contribution is 5.81. The Kier molecular flexibility index (Phi) is 3.02. The Morgan fingerprint density at radius 2 is 2.70 bits per heavy atom. The summed E-state index contributed by atoms with van der Waals surface area (Å²) < 4.78 is 4.86. The van der Waals surface area contributed by atoms with Crippen LogP contribution in [0.4, 0.5) is 0 Å². The third-order valence-corrected chi connectivity index (χ3v) is 1.27. The van der Waals surface area contributed by atoms with Crippen LogP contribution in [0.1, 0.15) is 0 Å². The first-order valence-electron chi connectivity index (χ1n) is 3.44. The van der Waals surface area contributed by atoms with Crippen LogP contribution < -0.4 is 10.6 Å². The second kappa shape index (κ2) is 4.11. The van der Waals surface area contributed by atoms with Gasteiger partial charge in [-0.15, -0.1) is 0 Å². The predicted molar refractivity (Wildman–Crippen MR) is 40.2 cm³/mol. The molecule has 1 aliphatic heterocycles. The lowest BCUT2D eigenvalue weighted by Gasteiger charge is -2.04. The van der Waals surface area contributed by atoms with Gasteiger partial charge in [0.25, 0.3) is 0 Å². The molecule has 0 aromatic heterocycles. The maximum Gasteiger partial charge on any atom is 0.191 e. The topological polar surface area (TPSA) is 45.6 Å². The van der Waals surface area contributed by atoms with E-state index in [0.717, 1.165) is 32.2 Å². The van der Waals surface area contributed by atoms with E-state index in [4.69, 9.17) is 4.74 Å². The molecule has 0 atom stereocenters. The molecular weight excluding hydrogens is 130 g/mol. The summed E-state index contributed by atoms with van der Waals surface area (Å²) in [6.07, 6.45) is 0. The van der Waals surface area contributed by atoms with Gasteiger partial charge in [0, 0.05) is 20.2 Å². The minimum atomic E-state index is 0.723. The molecule has 0 saturated carbocycles. The second-order valence-electron chi connectivity index (χ2n) is 2.08. The van der Waals surface area contributed by atoms with Gasteiger partial charge in [-0.25, -0.2) is 0 Å². The number of nitrogens with one attached hydrogen (secondary N) is 2. The maximum absolute atomic E-state index is 4.86. The van der Waals surface area contributed by atoms with Crippen molar-refractivity contribution in [3.63, 3.8) is 0 Å². The Labute approximate surface area is 60.7 Å². The van der Waals surface area contributed by atoms with Crippen LogP contribution in [0.2, 0.25) is 0 Å². The zero-order valence-electron chi connectivity index (χ0n) is 6.18. The smallest absolute Gasteiger partial charge is 0.191 e. The van der Waals surface area contributed by atoms with E-state index >= 15 is 0 Å². The van der Waals surface area contributed by atoms with Gasteiger partial charge in [0.2, 0.25) is 0 Å². The van der Waals surface area contributed by atoms with Crippen LogP contribution in [0.3, 0.4) is 0 Å². The molecule has 2 N–H and O–H groups in total. The fourth-order valence-electron chi connectivity index (χ4n) is 0.788. The number of hydrogen-bond acceptors (Lipinski definition) is 4. The first-order valence-corrected chi connectivity index (χ1v) is 3.44. The molecule has 1 aliphatic rings. The lowest BCUT2D eigenvalue weighted by molar-refractivity contribution is 0.203. The minimum absolute atomic E-state index is 0.723. The van der Waals surface area contributed by atoms with Crippen molar-refractivity contribution in [2.75, 3.05) is 33.4 Å². The molecule has 58 valence electrons. The highest BCUT2D eigenvalue weighted by Crippen LogP contribution is 1.79. The van der Waals surface area contributed by atoms with Crippen molar-refractivity contribution >= 4 is 5.96 Å². The van der Waals surface area contributed by atoms with Gasteiger partial charge < -0.3 is 15.4 Å². The van der Waals surface area contributed by atoms with Crippen molar-refractivity contribution in [2.45, 2.75) is 0 Å². The molecule has 0 amide bonds. The third kappa shape index (κ3) is 2.23. The van der Waals surface area contributed by atoms with E-state index < -0.39 is 0 Å². The summed E-state index contributed by atoms with van der Waals surface area (Å²) in [5.74, 6) is 0.900. The van der Waals surface area contributed by atoms with Crippen LogP contribution in [-0.4, -0.2) is 39.3 Å². The molecule has 0 fully saturated rings. The van der Waals surface area contributed by atoms with E-state index in [2.05, 4.69) is 15.6 Å². The molecule has 0 bridgehead atoms.